The number of fused-ring (bicyclic) bond motifs is 1. The van der Waals surface area contributed by atoms with Crippen LogP contribution < -0.4 is 9.62 Å². The maximum absolute atomic E-state index is 12.8. The van der Waals surface area contributed by atoms with Gasteiger partial charge in [0.15, 0.2) is 0 Å². The van der Waals surface area contributed by atoms with E-state index in [9.17, 15) is 13.2 Å². The SMILES string of the molecule is CC(=O)N1C[C@H](C)Sc2ccc(S(=O)(=O)Nc3cccc(Cl)c3C)cc21. The van der Waals surface area contributed by atoms with Crippen LogP contribution in [0.15, 0.2) is 46.2 Å². The van der Waals surface area contributed by atoms with Crippen LogP contribution in [0.3, 0.4) is 0 Å². The molecule has 0 aromatic heterocycles. The van der Waals surface area contributed by atoms with E-state index < -0.39 is 10.0 Å². The van der Waals surface area contributed by atoms with Crippen LogP contribution in [0.25, 0.3) is 0 Å². The zero-order chi connectivity index (χ0) is 19.1. The molecule has 1 N–H and O–H groups in total. The zero-order valence-corrected chi connectivity index (χ0v) is 17.0. The fourth-order valence-electron chi connectivity index (χ4n) is 2.80. The predicted molar refractivity (Wildman–Crippen MR) is 107 cm³/mol. The lowest BCUT2D eigenvalue weighted by atomic mass is 10.2. The molecule has 0 saturated heterocycles. The van der Waals surface area contributed by atoms with Crippen LogP contribution in [-0.2, 0) is 14.8 Å². The average molecular weight is 411 g/mol. The Hall–Kier alpha value is -1.70. The summed E-state index contributed by atoms with van der Waals surface area (Å²) in [7, 11) is -3.80. The molecular weight excluding hydrogens is 392 g/mol. The maximum Gasteiger partial charge on any atom is 0.261 e. The van der Waals surface area contributed by atoms with Gasteiger partial charge in [-0.1, -0.05) is 24.6 Å². The van der Waals surface area contributed by atoms with Gasteiger partial charge < -0.3 is 4.90 Å². The van der Waals surface area contributed by atoms with Gasteiger partial charge in [-0.2, -0.15) is 0 Å². The first-order valence-corrected chi connectivity index (χ1v) is 10.8. The molecule has 8 heteroatoms. The van der Waals surface area contributed by atoms with Gasteiger partial charge in [-0.3, -0.25) is 9.52 Å². The van der Waals surface area contributed by atoms with E-state index in [2.05, 4.69) is 4.72 Å². The maximum atomic E-state index is 12.8. The fraction of sp³-hybridized carbons (Fsp3) is 0.278. The summed E-state index contributed by atoms with van der Waals surface area (Å²) in [5.41, 5.74) is 1.72. The lowest BCUT2D eigenvalue weighted by Crippen LogP contribution is -2.37. The highest BCUT2D eigenvalue weighted by Gasteiger charge is 2.27. The molecule has 26 heavy (non-hydrogen) atoms. The van der Waals surface area contributed by atoms with Crippen LogP contribution in [0.1, 0.15) is 19.4 Å². The van der Waals surface area contributed by atoms with Crippen molar-refractivity contribution < 1.29 is 13.2 Å². The van der Waals surface area contributed by atoms with Crippen molar-refractivity contribution in [2.75, 3.05) is 16.2 Å². The van der Waals surface area contributed by atoms with E-state index in [4.69, 9.17) is 11.6 Å². The number of thioether (sulfide) groups is 1. The number of nitrogens with zero attached hydrogens (tertiary/aromatic N) is 1. The van der Waals surface area contributed by atoms with Crippen molar-refractivity contribution in [3.63, 3.8) is 0 Å². The minimum Gasteiger partial charge on any atom is -0.310 e. The summed E-state index contributed by atoms with van der Waals surface area (Å²) in [6.45, 7) is 5.83. The number of amides is 1. The molecule has 1 heterocycles. The molecule has 1 aliphatic rings. The summed E-state index contributed by atoms with van der Waals surface area (Å²) in [5.74, 6) is -0.105. The third kappa shape index (κ3) is 3.70. The van der Waals surface area contributed by atoms with Crippen molar-refractivity contribution in [3.05, 3.63) is 47.0 Å². The Bertz CT molecular complexity index is 976. The van der Waals surface area contributed by atoms with Gasteiger partial charge in [0, 0.05) is 28.6 Å². The molecular formula is C18H19ClN2O3S2. The molecule has 2 aromatic carbocycles. The smallest absolute Gasteiger partial charge is 0.261 e. The summed E-state index contributed by atoms with van der Waals surface area (Å²) in [4.78, 5) is 14.6. The fourth-order valence-corrected chi connectivity index (χ4v) is 5.21. The molecule has 1 atom stereocenters. The first-order valence-electron chi connectivity index (χ1n) is 8.06. The second-order valence-electron chi connectivity index (χ2n) is 6.21. The van der Waals surface area contributed by atoms with Gasteiger partial charge in [0.1, 0.15) is 0 Å². The van der Waals surface area contributed by atoms with E-state index in [0.29, 0.717) is 28.5 Å². The van der Waals surface area contributed by atoms with Crippen LogP contribution in [-0.4, -0.2) is 26.1 Å². The van der Waals surface area contributed by atoms with Gasteiger partial charge in [0.25, 0.3) is 10.0 Å². The first-order chi connectivity index (χ1) is 12.2. The molecule has 0 unspecified atom stereocenters. The van der Waals surface area contributed by atoms with E-state index in [0.717, 1.165) is 4.90 Å². The third-order valence-corrected chi connectivity index (χ3v) is 7.11. The van der Waals surface area contributed by atoms with Crippen LogP contribution in [0.4, 0.5) is 11.4 Å². The number of carbonyl (C=O) groups excluding carboxylic acids is 1. The Labute approximate surface area is 162 Å². The number of hydrogen-bond donors (Lipinski definition) is 1. The normalized spacial score (nSPS) is 16.9. The quantitative estimate of drug-likeness (QED) is 0.819. The van der Waals surface area contributed by atoms with Gasteiger partial charge >= 0.3 is 0 Å². The zero-order valence-electron chi connectivity index (χ0n) is 14.6. The van der Waals surface area contributed by atoms with E-state index >= 15 is 0 Å². The monoisotopic (exact) mass is 410 g/mol. The Morgan fingerprint density at radius 1 is 1.31 bits per heavy atom. The van der Waals surface area contributed by atoms with Crippen LogP contribution in [0.5, 0.6) is 0 Å². The van der Waals surface area contributed by atoms with Crippen molar-refractivity contribution in [3.8, 4) is 0 Å². The predicted octanol–water partition coefficient (Wildman–Crippen LogP) is 4.30. The summed E-state index contributed by atoms with van der Waals surface area (Å²) >= 11 is 7.70. The number of halogens is 1. The molecule has 5 nitrogen and oxygen atoms in total. The molecule has 3 rings (SSSR count). The molecule has 0 spiro atoms. The summed E-state index contributed by atoms with van der Waals surface area (Å²) in [5, 5.41) is 0.741. The number of hydrogen-bond acceptors (Lipinski definition) is 4. The highest BCUT2D eigenvalue weighted by molar-refractivity contribution is 8.00. The largest absolute Gasteiger partial charge is 0.310 e. The minimum atomic E-state index is -3.80. The van der Waals surface area contributed by atoms with Crippen molar-refractivity contribution in [1.82, 2.24) is 0 Å². The van der Waals surface area contributed by atoms with Gasteiger partial charge in [0.05, 0.1) is 16.3 Å². The molecule has 0 fully saturated rings. The second-order valence-corrected chi connectivity index (χ2v) is 9.78. The van der Waals surface area contributed by atoms with Gasteiger partial charge in [-0.05, 0) is 42.8 Å². The van der Waals surface area contributed by atoms with Gasteiger partial charge in [-0.15, -0.1) is 11.8 Å². The first kappa shape index (κ1) is 19.1. The Balaban J connectivity index is 2.00. The molecule has 1 amide bonds. The Morgan fingerprint density at radius 2 is 2.04 bits per heavy atom. The second kappa shape index (κ2) is 7.13. The van der Waals surface area contributed by atoms with Gasteiger partial charge in [-0.25, -0.2) is 8.42 Å². The average Bonchev–Trinajstić information content (AvgIpc) is 2.57. The highest BCUT2D eigenvalue weighted by Crippen LogP contribution is 2.40. The molecule has 2 aromatic rings. The van der Waals surface area contributed by atoms with Crippen molar-refractivity contribution in [2.45, 2.75) is 35.8 Å². The summed E-state index contributed by atoms with van der Waals surface area (Å²) in [6.07, 6.45) is 0. The number of carbonyl (C=O) groups is 1. The van der Waals surface area contributed by atoms with E-state index in [-0.39, 0.29) is 16.1 Å². The van der Waals surface area contributed by atoms with Crippen molar-refractivity contribution in [1.29, 1.82) is 0 Å². The molecule has 0 saturated carbocycles. The van der Waals surface area contributed by atoms with Crippen LogP contribution >= 0.6 is 23.4 Å². The Morgan fingerprint density at radius 3 is 2.73 bits per heavy atom. The minimum absolute atomic E-state index is 0.105. The van der Waals surface area contributed by atoms with Gasteiger partial charge in [0.2, 0.25) is 5.91 Å². The Kier molecular flexibility index (Phi) is 5.23. The number of nitrogens with one attached hydrogen (secondary N) is 1. The van der Waals surface area contributed by atoms with E-state index in [1.807, 2.05) is 6.92 Å². The van der Waals surface area contributed by atoms with Crippen LogP contribution in [0, 0.1) is 6.92 Å². The molecule has 1 aliphatic heterocycles. The number of sulfonamides is 1. The van der Waals surface area contributed by atoms with Crippen LogP contribution in [0.2, 0.25) is 5.02 Å². The standard InChI is InChI=1S/C18H19ClN2O3S2/c1-11-10-21(13(3)22)17-9-14(7-8-18(17)25-11)26(23,24)20-16-6-4-5-15(19)12(16)2/h4-9,11,20H,10H2,1-3H3/t11-/m0/s1. The molecule has 0 radical (unpaired) electrons. The molecule has 0 aliphatic carbocycles. The van der Waals surface area contributed by atoms with E-state index in [1.165, 1.54) is 6.92 Å². The van der Waals surface area contributed by atoms with E-state index in [1.54, 1.807) is 60.0 Å². The molecule has 138 valence electrons. The highest BCUT2D eigenvalue weighted by atomic mass is 35.5. The lowest BCUT2D eigenvalue weighted by Gasteiger charge is -2.32. The third-order valence-electron chi connectivity index (χ3n) is 4.19. The molecule has 0 bridgehead atoms. The number of anilines is 2. The lowest BCUT2D eigenvalue weighted by molar-refractivity contribution is -0.116. The number of rotatable bonds is 3. The summed E-state index contributed by atoms with van der Waals surface area (Å²) in [6, 6.07) is 9.93. The van der Waals surface area contributed by atoms with Crippen molar-refractivity contribution in [2.24, 2.45) is 0 Å². The number of benzene rings is 2. The topological polar surface area (TPSA) is 66.5 Å². The summed E-state index contributed by atoms with van der Waals surface area (Å²) < 4.78 is 28.2. The van der Waals surface area contributed by atoms with Crippen molar-refractivity contribution >= 4 is 50.7 Å².